The van der Waals surface area contributed by atoms with Crippen LogP contribution in [0.3, 0.4) is 0 Å². The molecule has 0 unspecified atom stereocenters. The van der Waals surface area contributed by atoms with Crippen LogP contribution in [-0.4, -0.2) is 21.4 Å². The van der Waals surface area contributed by atoms with Gasteiger partial charge in [-0.1, -0.05) is 44.2 Å². The maximum Gasteiger partial charge on any atom is 0.262 e. The molecule has 6 nitrogen and oxygen atoms in total. The molecular formula is C24H26N2O4S. The van der Waals surface area contributed by atoms with Crippen molar-refractivity contribution in [2.24, 2.45) is 0 Å². The van der Waals surface area contributed by atoms with Crippen LogP contribution < -0.4 is 14.8 Å². The van der Waals surface area contributed by atoms with E-state index in [4.69, 9.17) is 4.74 Å². The highest BCUT2D eigenvalue weighted by atomic mass is 32.2. The van der Waals surface area contributed by atoms with Crippen molar-refractivity contribution in [2.75, 3.05) is 17.1 Å². The molecule has 3 aromatic rings. The summed E-state index contributed by atoms with van der Waals surface area (Å²) in [4.78, 5) is 12.6. The number of amides is 1. The van der Waals surface area contributed by atoms with E-state index in [1.54, 1.807) is 55.5 Å². The topological polar surface area (TPSA) is 84.5 Å². The first-order valence-corrected chi connectivity index (χ1v) is 11.4. The Kier molecular flexibility index (Phi) is 6.65. The van der Waals surface area contributed by atoms with Crippen molar-refractivity contribution in [3.05, 3.63) is 83.4 Å². The number of ether oxygens (including phenoxy) is 1. The second-order valence-electron chi connectivity index (χ2n) is 7.52. The van der Waals surface area contributed by atoms with Gasteiger partial charge in [0, 0.05) is 17.3 Å². The number of methoxy groups -OCH3 is 1. The van der Waals surface area contributed by atoms with Gasteiger partial charge in [-0.15, -0.1) is 0 Å². The maximum absolute atomic E-state index is 12.9. The summed E-state index contributed by atoms with van der Waals surface area (Å²) in [7, 11) is -2.35. The molecule has 2 N–H and O–H groups in total. The van der Waals surface area contributed by atoms with Gasteiger partial charge >= 0.3 is 0 Å². The minimum absolute atomic E-state index is 0.165. The van der Waals surface area contributed by atoms with Gasteiger partial charge in [-0.25, -0.2) is 8.42 Å². The first-order valence-electron chi connectivity index (χ1n) is 9.89. The molecule has 0 heterocycles. The fourth-order valence-corrected chi connectivity index (χ4v) is 4.15. The van der Waals surface area contributed by atoms with E-state index in [-0.39, 0.29) is 10.8 Å². The smallest absolute Gasteiger partial charge is 0.262 e. The number of carbonyl (C=O) groups is 1. The monoisotopic (exact) mass is 438 g/mol. The molecule has 0 bridgehead atoms. The number of anilines is 2. The maximum atomic E-state index is 12.9. The van der Waals surface area contributed by atoms with Gasteiger partial charge in [0.05, 0.1) is 17.7 Å². The number of benzene rings is 3. The minimum Gasteiger partial charge on any atom is -0.494 e. The fourth-order valence-electron chi connectivity index (χ4n) is 3.09. The number of hydrogen-bond donors (Lipinski definition) is 2. The van der Waals surface area contributed by atoms with Crippen LogP contribution in [0.2, 0.25) is 0 Å². The molecule has 0 atom stereocenters. The SMILES string of the molecule is COc1cc(NC(=O)c2ccccc2)c(C)cc1NS(=O)(=O)c1ccc(C(C)C)cc1. The minimum atomic E-state index is -3.80. The van der Waals surface area contributed by atoms with Crippen molar-refractivity contribution in [1.29, 1.82) is 0 Å². The van der Waals surface area contributed by atoms with Crippen molar-refractivity contribution in [3.8, 4) is 5.75 Å². The quantitative estimate of drug-likeness (QED) is 0.532. The third kappa shape index (κ3) is 5.24. The highest BCUT2D eigenvalue weighted by Crippen LogP contribution is 2.33. The summed E-state index contributed by atoms with van der Waals surface area (Å²) in [5.74, 6) is 0.353. The zero-order valence-corrected chi connectivity index (χ0v) is 18.8. The van der Waals surface area contributed by atoms with Gasteiger partial charge in [0.1, 0.15) is 5.75 Å². The predicted molar refractivity (Wildman–Crippen MR) is 123 cm³/mol. The second kappa shape index (κ2) is 9.22. The lowest BCUT2D eigenvalue weighted by atomic mass is 10.0. The van der Waals surface area contributed by atoms with Gasteiger partial charge in [-0.2, -0.15) is 0 Å². The highest BCUT2D eigenvalue weighted by molar-refractivity contribution is 7.92. The molecule has 0 spiro atoms. The van der Waals surface area contributed by atoms with Gasteiger partial charge < -0.3 is 10.1 Å². The van der Waals surface area contributed by atoms with Crippen molar-refractivity contribution >= 4 is 27.3 Å². The number of sulfonamides is 1. The Morgan fingerprint density at radius 3 is 2.16 bits per heavy atom. The number of nitrogens with one attached hydrogen (secondary N) is 2. The number of carbonyl (C=O) groups excluding carboxylic acids is 1. The largest absolute Gasteiger partial charge is 0.494 e. The summed E-state index contributed by atoms with van der Waals surface area (Å²) < 4.78 is 33.7. The molecule has 7 heteroatoms. The van der Waals surface area contributed by atoms with Gasteiger partial charge in [0.2, 0.25) is 0 Å². The molecule has 0 saturated heterocycles. The summed E-state index contributed by atoms with van der Waals surface area (Å²) in [5, 5.41) is 2.84. The lowest BCUT2D eigenvalue weighted by Crippen LogP contribution is -2.15. The number of hydrogen-bond acceptors (Lipinski definition) is 4. The molecule has 31 heavy (non-hydrogen) atoms. The normalized spacial score (nSPS) is 11.3. The van der Waals surface area contributed by atoms with E-state index < -0.39 is 10.0 Å². The van der Waals surface area contributed by atoms with Crippen molar-refractivity contribution in [3.63, 3.8) is 0 Å². The predicted octanol–water partition coefficient (Wildman–Crippen LogP) is 5.18. The fraction of sp³-hybridized carbons (Fsp3) is 0.208. The van der Waals surface area contributed by atoms with Crippen LogP contribution in [-0.2, 0) is 10.0 Å². The Balaban J connectivity index is 1.86. The zero-order valence-electron chi connectivity index (χ0n) is 18.0. The Bertz CT molecular complexity index is 1170. The van der Waals surface area contributed by atoms with Crippen LogP contribution >= 0.6 is 0 Å². The van der Waals surface area contributed by atoms with Crippen molar-refractivity contribution in [1.82, 2.24) is 0 Å². The number of aryl methyl sites for hydroxylation is 1. The van der Waals surface area contributed by atoms with Crippen molar-refractivity contribution < 1.29 is 17.9 Å². The average molecular weight is 439 g/mol. The van der Waals surface area contributed by atoms with Gasteiger partial charge in [-0.3, -0.25) is 9.52 Å². The Labute approximate surface area is 183 Å². The molecule has 3 rings (SSSR count). The third-order valence-corrected chi connectivity index (χ3v) is 6.31. The van der Waals surface area contributed by atoms with Crippen molar-refractivity contribution in [2.45, 2.75) is 31.6 Å². The summed E-state index contributed by atoms with van der Waals surface area (Å²) in [6.45, 7) is 5.89. The molecule has 0 saturated carbocycles. The summed E-state index contributed by atoms with van der Waals surface area (Å²) >= 11 is 0. The zero-order chi connectivity index (χ0) is 22.6. The van der Waals surface area contributed by atoms with E-state index in [2.05, 4.69) is 10.0 Å². The molecule has 0 aliphatic rings. The van der Waals surface area contributed by atoms with E-state index in [0.29, 0.717) is 34.2 Å². The number of rotatable bonds is 7. The standard InChI is InChI=1S/C24H26N2O4S/c1-16(2)18-10-12-20(13-11-18)31(28,29)26-22-14-17(3)21(15-23(22)30-4)25-24(27)19-8-6-5-7-9-19/h5-16,26H,1-4H3,(H,25,27). The molecule has 0 aliphatic heterocycles. The van der Waals surface area contributed by atoms with E-state index in [0.717, 1.165) is 5.56 Å². The molecule has 0 fully saturated rings. The van der Waals surface area contributed by atoms with Crippen LogP contribution in [0.15, 0.2) is 71.6 Å². The second-order valence-corrected chi connectivity index (χ2v) is 9.20. The Morgan fingerprint density at radius 1 is 0.935 bits per heavy atom. The van der Waals surface area contributed by atoms with Crippen LogP contribution in [0, 0.1) is 6.92 Å². The molecule has 3 aromatic carbocycles. The highest BCUT2D eigenvalue weighted by Gasteiger charge is 2.19. The first-order chi connectivity index (χ1) is 14.7. The van der Waals surface area contributed by atoms with Crippen LogP contribution in [0.5, 0.6) is 5.75 Å². The van der Waals surface area contributed by atoms with Gasteiger partial charge in [0.25, 0.3) is 15.9 Å². The van der Waals surface area contributed by atoms with Gasteiger partial charge in [-0.05, 0) is 54.3 Å². The molecular weight excluding hydrogens is 412 g/mol. The van der Waals surface area contributed by atoms with Crippen LogP contribution in [0.25, 0.3) is 0 Å². The molecule has 0 radical (unpaired) electrons. The lowest BCUT2D eigenvalue weighted by Gasteiger charge is -2.16. The lowest BCUT2D eigenvalue weighted by molar-refractivity contribution is 0.102. The Hall–Kier alpha value is -3.32. The van der Waals surface area contributed by atoms with E-state index in [9.17, 15) is 13.2 Å². The first kappa shape index (κ1) is 22.4. The van der Waals surface area contributed by atoms with E-state index in [1.807, 2.05) is 32.0 Å². The van der Waals surface area contributed by atoms with Crippen LogP contribution in [0.4, 0.5) is 11.4 Å². The van der Waals surface area contributed by atoms with E-state index in [1.165, 1.54) is 7.11 Å². The summed E-state index contributed by atoms with van der Waals surface area (Å²) in [6.07, 6.45) is 0. The molecule has 162 valence electrons. The molecule has 0 aliphatic carbocycles. The summed E-state index contributed by atoms with van der Waals surface area (Å²) in [5.41, 5.74) is 3.11. The third-order valence-electron chi connectivity index (χ3n) is 4.93. The van der Waals surface area contributed by atoms with Crippen LogP contribution in [0.1, 0.15) is 41.3 Å². The van der Waals surface area contributed by atoms with Gasteiger partial charge in [0.15, 0.2) is 0 Å². The summed E-state index contributed by atoms with van der Waals surface area (Å²) in [6, 6.07) is 18.9. The molecule has 0 aromatic heterocycles. The van der Waals surface area contributed by atoms with E-state index >= 15 is 0 Å². The average Bonchev–Trinajstić information content (AvgIpc) is 2.76. The Morgan fingerprint density at radius 2 is 1.58 bits per heavy atom. The molecule has 1 amide bonds.